The van der Waals surface area contributed by atoms with Crippen LogP contribution in [0.15, 0.2) is 18.2 Å². The van der Waals surface area contributed by atoms with Crippen molar-refractivity contribution in [1.29, 1.82) is 0 Å². The van der Waals surface area contributed by atoms with Gasteiger partial charge in [0.25, 0.3) is 0 Å². The van der Waals surface area contributed by atoms with Gasteiger partial charge in [-0.1, -0.05) is 6.07 Å². The normalized spacial score (nSPS) is 17.4. The van der Waals surface area contributed by atoms with Crippen LogP contribution in [0.1, 0.15) is 24.4 Å². The maximum absolute atomic E-state index is 5.38. The number of hydrogen-bond donors (Lipinski definition) is 1. The van der Waals surface area contributed by atoms with Gasteiger partial charge in [-0.2, -0.15) is 0 Å². The smallest absolute Gasteiger partial charge is 0.161 e. The summed E-state index contributed by atoms with van der Waals surface area (Å²) in [5.74, 6) is 1.57. The van der Waals surface area contributed by atoms with Gasteiger partial charge in [-0.3, -0.25) is 0 Å². The first-order chi connectivity index (χ1) is 9.28. The van der Waals surface area contributed by atoms with E-state index in [1.54, 1.807) is 14.2 Å². The molecule has 0 aromatic heterocycles. The van der Waals surface area contributed by atoms with Crippen molar-refractivity contribution >= 4 is 0 Å². The Kier molecular flexibility index (Phi) is 5.05. The first-order valence-electron chi connectivity index (χ1n) is 6.90. The molecule has 1 saturated heterocycles. The molecule has 0 spiro atoms. The number of rotatable bonds is 6. The van der Waals surface area contributed by atoms with Gasteiger partial charge in [-0.25, -0.2) is 0 Å². The molecule has 106 valence electrons. The lowest BCUT2D eigenvalue weighted by molar-refractivity contribution is 0.298. The van der Waals surface area contributed by atoms with E-state index in [0.717, 1.165) is 18.0 Å². The van der Waals surface area contributed by atoms with E-state index in [-0.39, 0.29) is 0 Å². The van der Waals surface area contributed by atoms with Crippen LogP contribution in [-0.4, -0.2) is 45.8 Å². The van der Waals surface area contributed by atoms with Crippen molar-refractivity contribution in [3.05, 3.63) is 23.8 Å². The summed E-state index contributed by atoms with van der Waals surface area (Å²) in [4.78, 5) is 2.51. The molecule has 1 aromatic carbocycles. The summed E-state index contributed by atoms with van der Waals surface area (Å²) < 4.78 is 10.7. The summed E-state index contributed by atoms with van der Waals surface area (Å²) in [6.07, 6.45) is 2.64. The number of methoxy groups -OCH3 is 2. The third kappa shape index (κ3) is 3.39. The molecule has 0 amide bonds. The van der Waals surface area contributed by atoms with E-state index in [4.69, 9.17) is 9.47 Å². The quantitative estimate of drug-likeness (QED) is 0.853. The largest absolute Gasteiger partial charge is 0.493 e. The summed E-state index contributed by atoms with van der Waals surface area (Å²) in [5, 5.41) is 3.40. The van der Waals surface area contributed by atoms with Crippen LogP contribution in [0.2, 0.25) is 0 Å². The van der Waals surface area contributed by atoms with Crippen LogP contribution in [0.5, 0.6) is 11.5 Å². The lowest BCUT2D eigenvalue weighted by Crippen LogP contribution is -2.31. The third-order valence-electron chi connectivity index (χ3n) is 3.80. The second kappa shape index (κ2) is 6.78. The van der Waals surface area contributed by atoms with Crippen LogP contribution in [0, 0.1) is 0 Å². The fourth-order valence-electron chi connectivity index (χ4n) is 2.66. The molecule has 0 radical (unpaired) electrons. The third-order valence-corrected chi connectivity index (χ3v) is 3.80. The number of likely N-dealkylation sites (tertiary alicyclic amines) is 1. The highest BCUT2D eigenvalue weighted by Crippen LogP contribution is 2.30. The van der Waals surface area contributed by atoms with Crippen molar-refractivity contribution in [2.75, 3.05) is 40.9 Å². The summed E-state index contributed by atoms with van der Waals surface area (Å²) in [6.45, 7) is 3.48. The maximum atomic E-state index is 5.38. The van der Waals surface area contributed by atoms with E-state index in [1.165, 1.54) is 31.5 Å². The summed E-state index contributed by atoms with van der Waals surface area (Å²) >= 11 is 0. The molecule has 1 N–H and O–H groups in total. The molecule has 4 heteroatoms. The number of ether oxygens (including phenoxy) is 2. The number of nitrogens with one attached hydrogen (secondary N) is 1. The Morgan fingerprint density at radius 3 is 2.42 bits per heavy atom. The number of likely N-dealkylation sites (N-methyl/N-ethyl adjacent to an activating group) is 1. The summed E-state index contributed by atoms with van der Waals surface area (Å²) in [7, 11) is 5.35. The molecule has 1 aliphatic heterocycles. The highest BCUT2D eigenvalue weighted by Gasteiger charge is 2.18. The van der Waals surface area contributed by atoms with E-state index in [2.05, 4.69) is 22.3 Å². The molecule has 1 aromatic rings. The van der Waals surface area contributed by atoms with E-state index in [0.29, 0.717) is 6.04 Å². The molecule has 2 rings (SSSR count). The van der Waals surface area contributed by atoms with Crippen LogP contribution in [-0.2, 0) is 0 Å². The summed E-state index contributed by atoms with van der Waals surface area (Å²) in [6, 6.07) is 6.48. The van der Waals surface area contributed by atoms with Gasteiger partial charge in [-0.15, -0.1) is 0 Å². The van der Waals surface area contributed by atoms with Crippen LogP contribution in [0.4, 0.5) is 0 Å². The Morgan fingerprint density at radius 1 is 1.16 bits per heavy atom. The molecule has 1 fully saturated rings. The van der Waals surface area contributed by atoms with Gasteiger partial charge in [0.2, 0.25) is 0 Å². The minimum atomic E-state index is 0.331. The van der Waals surface area contributed by atoms with Crippen molar-refractivity contribution in [2.45, 2.75) is 18.9 Å². The van der Waals surface area contributed by atoms with Gasteiger partial charge >= 0.3 is 0 Å². The Balaban J connectivity index is 2.12. The molecule has 1 aliphatic rings. The van der Waals surface area contributed by atoms with Gasteiger partial charge in [0.05, 0.1) is 14.2 Å². The monoisotopic (exact) mass is 264 g/mol. The minimum absolute atomic E-state index is 0.331. The van der Waals surface area contributed by atoms with E-state index in [9.17, 15) is 0 Å². The average molecular weight is 264 g/mol. The van der Waals surface area contributed by atoms with Crippen molar-refractivity contribution in [3.63, 3.8) is 0 Å². The van der Waals surface area contributed by atoms with Crippen LogP contribution < -0.4 is 14.8 Å². The second-order valence-corrected chi connectivity index (χ2v) is 4.96. The predicted octanol–water partition coefficient (Wildman–Crippen LogP) is 2.06. The van der Waals surface area contributed by atoms with Gasteiger partial charge in [-0.05, 0) is 50.7 Å². The Labute approximate surface area is 115 Å². The molecule has 0 bridgehead atoms. The zero-order chi connectivity index (χ0) is 13.7. The fourth-order valence-corrected chi connectivity index (χ4v) is 2.66. The van der Waals surface area contributed by atoms with Gasteiger partial charge in [0.1, 0.15) is 0 Å². The number of nitrogens with zero attached hydrogens (tertiary/aromatic N) is 1. The average Bonchev–Trinajstić information content (AvgIpc) is 2.97. The molecule has 19 heavy (non-hydrogen) atoms. The molecule has 0 aliphatic carbocycles. The number of benzene rings is 1. The van der Waals surface area contributed by atoms with Crippen molar-refractivity contribution in [2.24, 2.45) is 0 Å². The molecule has 0 saturated carbocycles. The molecule has 1 atom stereocenters. The van der Waals surface area contributed by atoms with Crippen molar-refractivity contribution < 1.29 is 9.47 Å². The number of hydrogen-bond acceptors (Lipinski definition) is 4. The van der Waals surface area contributed by atoms with Crippen molar-refractivity contribution in [3.8, 4) is 11.5 Å². The topological polar surface area (TPSA) is 33.7 Å². The van der Waals surface area contributed by atoms with Crippen LogP contribution >= 0.6 is 0 Å². The SMILES string of the molecule is CNC(CN1CCCC1)c1ccc(OC)c(OC)c1. The molecule has 4 nitrogen and oxygen atoms in total. The van der Waals surface area contributed by atoms with Crippen molar-refractivity contribution in [1.82, 2.24) is 10.2 Å². The Morgan fingerprint density at radius 2 is 1.84 bits per heavy atom. The molecular weight excluding hydrogens is 240 g/mol. The van der Waals surface area contributed by atoms with Gasteiger partial charge in [0.15, 0.2) is 11.5 Å². The lowest BCUT2D eigenvalue weighted by Gasteiger charge is -2.24. The molecular formula is C15H24N2O2. The predicted molar refractivity (Wildman–Crippen MR) is 77.0 cm³/mol. The van der Waals surface area contributed by atoms with Gasteiger partial charge < -0.3 is 19.7 Å². The summed E-state index contributed by atoms with van der Waals surface area (Å²) in [5.41, 5.74) is 1.24. The fraction of sp³-hybridized carbons (Fsp3) is 0.600. The standard InChI is InChI=1S/C15H24N2O2/c1-16-13(11-17-8-4-5-9-17)12-6-7-14(18-2)15(10-12)19-3/h6-7,10,13,16H,4-5,8-9,11H2,1-3H3. The highest BCUT2D eigenvalue weighted by molar-refractivity contribution is 5.43. The highest BCUT2D eigenvalue weighted by atomic mass is 16.5. The maximum Gasteiger partial charge on any atom is 0.161 e. The van der Waals surface area contributed by atoms with Crippen LogP contribution in [0.3, 0.4) is 0 Å². The van der Waals surface area contributed by atoms with Gasteiger partial charge in [0, 0.05) is 12.6 Å². The lowest BCUT2D eigenvalue weighted by atomic mass is 10.1. The zero-order valence-corrected chi connectivity index (χ0v) is 12.1. The molecule has 1 unspecified atom stereocenters. The van der Waals surface area contributed by atoms with E-state index < -0.39 is 0 Å². The Hall–Kier alpha value is -1.26. The van der Waals surface area contributed by atoms with E-state index >= 15 is 0 Å². The minimum Gasteiger partial charge on any atom is -0.493 e. The zero-order valence-electron chi connectivity index (χ0n) is 12.1. The Bertz CT molecular complexity index is 403. The first kappa shape index (κ1) is 14.2. The van der Waals surface area contributed by atoms with E-state index in [1.807, 2.05) is 13.1 Å². The second-order valence-electron chi connectivity index (χ2n) is 4.96. The van der Waals surface area contributed by atoms with Crippen LogP contribution in [0.25, 0.3) is 0 Å². The molecule has 1 heterocycles. The first-order valence-corrected chi connectivity index (χ1v) is 6.90.